The van der Waals surface area contributed by atoms with Gasteiger partial charge in [0.2, 0.25) is 0 Å². The van der Waals surface area contributed by atoms with Crippen LogP contribution in [0.2, 0.25) is 5.02 Å². The van der Waals surface area contributed by atoms with Crippen molar-refractivity contribution in [3.05, 3.63) is 28.8 Å². The van der Waals surface area contributed by atoms with Crippen molar-refractivity contribution in [1.29, 1.82) is 0 Å². The minimum atomic E-state index is 0.523. The summed E-state index contributed by atoms with van der Waals surface area (Å²) in [5, 5.41) is 0.671. The van der Waals surface area contributed by atoms with Crippen molar-refractivity contribution in [2.45, 2.75) is 32.7 Å². The first-order valence-electron chi connectivity index (χ1n) is 7.17. The zero-order chi connectivity index (χ0) is 14.4. The van der Waals surface area contributed by atoms with Gasteiger partial charge in [-0.05, 0) is 38.3 Å². The zero-order valence-corrected chi connectivity index (χ0v) is 12.7. The van der Waals surface area contributed by atoms with Gasteiger partial charge in [-0.1, -0.05) is 17.7 Å². The van der Waals surface area contributed by atoms with Crippen LogP contribution in [0.5, 0.6) is 5.75 Å². The summed E-state index contributed by atoms with van der Waals surface area (Å²) in [4.78, 5) is 6.64. The number of halogens is 1. The fourth-order valence-electron chi connectivity index (χ4n) is 2.34. The van der Waals surface area contributed by atoms with Gasteiger partial charge in [-0.15, -0.1) is 0 Å². The summed E-state index contributed by atoms with van der Waals surface area (Å²) >= 11 is 5.99. The highest BCUT2D eigenvalue weighted by molar-refractivity contribution is 6.30. The normalized spacial score (nSPS) is 16.3. The van der Waals surface area contributed by atoms with Gasteiger partial charge in [0, 0.05) is 23.7 Å². The van der Waals surface area contributed by atoms with E-state index < -0.39 is 0 Å². The Balaban J connectivity index is 2.05. The van der Waals surface area contributed by atoms with Crippen molar-refractivity contribution in [2.24, 2.45) is 10.7 Å². The molecule has 0 amide bonds. The van der Waals surface area contributed by atoms with E-state index in [0.717, 1.165) is 24.4 Å². The third-order valence-corrected chi connectivity index (χ3v) is 3.66. The van der Waals surface area contributed by atoms with Gasteiger partial charge in [-0.2, -0.15) is 0 Å². The number of rotatable bonds is 4. The predicted molar refractivity (Wildman–Crippen MR) is 83.4 cm³/mol. The zero-order valence-electron chi connectivity index (χ0n) is 11.9. The highest BCUT2D eigenvalue weighted by Gasteiger charge is 2.12. The molecule has 5 heteroatoms. The topological polar surface area (TPSA) is 50.9 Å². The lowest BCUT2D eigenvalue weighted by Crippen LogP contribution is -2.40. The van der Waals surface area contributed by atoms with Gasteiger partial charge >= 0.3 is 0 Å². The second-order valence-corrected chi connectivity index (χ2v) is 5.34. The SMILES string of the molecule is CCOc1cc(Cl)ccc1CN=C(N)N1CCCCC1. The number of nitrogens with two attached hydrogens (primary N) is 1. The number of aliphatic imine (C=N–C) groups is 1. The molecule has 0 bridgehead atoms. The van der Waals surface area contributed by atoms with Crippen molar-refractivity contribution in [3.63, 3.8) is 0 Å². The molecule has 4 nitrogen and oxygen atoms in total. The first kappa shape index (κ1) is 15.0. The van der Waals surface area contributed by atoms with Crippen LogP contribution in [0.1, 0.15) is 31.7 Å². The molecule has 0 radical (unpaired) electrons. The Morgan fingerprint density at radius 3 is 2.80 bits per heavy atom. The number of nitrogens with zero attached hydrogens (tertiary/aromatic N) is 2. The highest BCUT2D eigenvalue weighted by atomic mass is 35.5. The number of hydrogen-bond acceptors (Lipinski definition) is 2. The summed E-state index contributed by atoms with van der Waals surface area (Å²) in [6.07, 6.45) is 3.68. The molecule has 2 N–H and O–H groups in total. The van der Waals surface area contributed by atoms with Crippen LogP contribution >= 0.6 is 11.6 Å². The molecule has 1 aromatic rings. The van der Waals surface area contributed by atoms with Crippen LogP contribution in [0.25, 0.3) is 0 Å². The number of piperidine rings is 1. The average Bonchev–Trinajstić information content (AvgIpc) is 2.47. The van der Waals surface area contributed by atoms with Gasteiger partial charge in [0.05, 0.1) is 13.2 Å². The maximum atomic E-state index is 6.06. The Labute approximate surface area is 125 Å². The Morgan fingerprint density at radius 1 is 1.35 bits per heavy atom. The lowest BCUT2D eigenvalue weighted by Gasteiger charge is -2.27. The van der Waals surface area contributed by atoms with Crippen LogP contribution in [0.15, 0.2) is 23.2 Å². The van der Waals surface area contributed by atoms with Gasteiger partial charge in [0.15, 0.2) is 5.96 Å². The molecule has 1 fully saturated rings. The van der Waals surface area contributed by atoms with Crippen molar-refractivity contribution in [3.8, 4) is 5.75 Å². The van der Waals surface area contributed by atoms with Crippen molar-refractivity contribution < 1.29 is 4.74 Å². The average molecular weight is 296 g/mol. The smallest absolute Gasteiger partial charge is 0.191 e. The number of likely N-dealkylation sites (tertiary alicyclic amines) is 1. The molecule has 0 aromatic heterocycles. The minimum absolute atomic E-state index is 0.523. The fourth-order valence-corrected chi connectivity index (χ4v) is 2.50. The largest absolute Gasteiger partial charge is 0.493 e. The minimum Gasteiger partial charge on any atom is -0.493 e. The molecule has 1 heterocycles. The van der Waals surface area contributed by atoms with Gasteiger partial charge in [0.25, 0.3) is 0 Å². The third kappa shape index (κ3) is 4.04. The Bertz CT molecular complexity index is 470. The van der Waals surface area contributed by atoms with E-state index in [1.54, 1.807) is 0 Å². The van der Waals surface area contributed by atoms with Gasteiger partial charge in [0.1, 0.15) is 5.75 Å². The number of hydrogen-bond donors (Lipinski definition) is 1. The maximum absolute atomic E-state index is 6.06. The lowest BCUT2D eigenvalue weighted by atomic mass is 10.1. The van der Waals surface area contributed by atoms with Crippen molar-refractivity contribution in [1.82, 2.24) is 4.90 Å². The number of guanidine groups is 1. The van der Waals surface area contributed by atoms with Crippen LogP contribution in [0.4, 0.5) is 0 Å². The molecule has 0 unspecified atom stereocenters. The summed E-state index contributed by atoms with van der Waals surface area (Å²) in [7, 11) is 0. The van der Waals surface area contributed by atoms with E-state index in [-0.39, 0.29) is 0 Å². The second-order valence-electron chi connectivity index (χ2n) is 4.91. The molecular weight excluding hydrogens is 274 g/mol. The summed E-state index contributed by atoms with van der Waals surface area (Å²) in [5.74, 6) is 1.41. The molecular formula is C15H22ClN3O. The molecule has 20 heavy (non-hydrogen) atoms. The van der Waals surface area contributed by atoms with Gasteiger partial charge in [-0.25, -0.2) is 4.99 Å². The Morgan fingerprint density at radius 2 is 2.10 bits per heavy atom. The quantitative estimate of drug-likeness (QED) is 0.686. The molecule has 1 aliphatic rings. The maximum Gasteiger partial charge on any atom is 0.191 e. The number of ether oxygens (including phenoxy) is 1. The van der Waals surface area contributed by atoms with Gasteiger partial charge in [-0.3, -0.25) is 0 Å². The van der Waals surface area contributed by atoms with Crippen LogP contribution in [-0.2, 0) is 6.54 Å². The molecule has 0 saturated carbocycles. The number of benzene rings is 1. The second kappa shape index (κ2) is 7.39. The highest BCUT2D eigenvalue weighted by Crippen LogP contribution is 2.24. The molecule has 1 saturated heterocycles. The first-order valence-corrected chi connectivity index (χ1v) is 7.54. The van der Waals surface area contributed by atoms with E-state index in [1.807, 2.05) is 25.1 Å². The van der Waals surface area contributed by atoms with Crippen molar-refractivity contribution in [2.75, 3.05) is 19.7 Å². The predicted octanol–water partition coefficient (Wildman–Crippen LogP) is 3.04. The Kier molecular flexibility index (Phi) is 5.53. The summed E-state index contributed by atoms with van der Waals surface area (Å²) in [5.41, 5.74) is 7.07. The molecule has 110 valence electrons. The van der Waals surface area contributed by atoms with E-state index >= 15 is 0 Å². The summed E-state index contributed by atoms with van der Waals surface area (Å²) in [6.45, 7) is 5.10. The van der Waals surface area contributed by atoms with E-state index in [2.05, 4.69) is 9.89 Å². The third-order valence-electron chi connectivity index (χ3n) is 3.42. The molecule has 0 atom stereocenters. The van der Waals surface area contributed by atoms with E-state index in [4.69, 9.17) is 22.1 Å². The van der Waals surface area contributed by atoms with Crippen LogP contribution < -0.4 is 10.5 Å². The van der Waals surface area contributed by atoms with Gasteiger partial charge < -0.3 is 15.4 Å². The standard InChI is InChI=1S/C15H22ClN3O/c1-2-20-14-10-13(16)7-6-12(14)11-18-15(17)19-8-4-3-5-9-19/h6-7,10H,2-5,8-9,11H2,1H3,(H2,17,18). The summed E-state index contributed by atoms with van der Waals surface area (Å²) < 4.78 is 5.59. The monoisotopic (exact) mass is 295 g/mol. The first-order chi connectivity index (χ1) is 9.70. The molecule has 2 rings (SSSR count). The lowest BCUT2D eigenvalue weighted by molar-refractivity contribution is 0.334. The Hall–Kier alpha value is -1.42. The van der Waals surface area contributed by atoms with Crippen LogP contribution in [0.3, 0.4) is 0 Å². The van der Waals surface area contributed by atoms with E-state index in [1.165, 1.54) is 19.3 Å². The van der Waals surface area contributed by atoms with Crippen LogP contribution in [-0.4, -0.2) is 30.6 Å². The fraction of sp³-hybridized carbons (Fsp3) is 0.533. The molecule has 1 aliphatic heterocycles. The molecule has 0 spiro atoms. The van der Waals surface area contributed by atoms with E-state index in [9.17, 15) is 0 Å². The summed E-state index contributed by atoms with van der Waals surface area (Å²) in [6, 6.07) is 5.62. The van der Waals surface area contributed by atoms with E-state index in [0.29, 0.717) is 24.1 Å². The van der Waals surface area contributed by atoms with Crippen molar-refractivity contribution >= 4 is 17.6 Å². The van der Waals surface area contributed by atoms with Crippen LogP contribution in [0, 0.1) is 0 Å². The molecule has 0 aliphatic carbocycles. The molecule has 1 aromatic carbocycles.